The summed E-state index contributed by atoms with van der Waals surface area (Å²) in [7, 11) is 1.37. The lowest BCUT2D eigenvalue weighted by molar-refractivity contribution is -0.142. The molecule has 0 spiro atoms. The second-order valence-electron chi connectivity index (χ2n) is 5.81. The maximum atomic E-state index is 13.3. The lowest BCUT2D eigenvalue weighted by Gasteiger charge is -2.08. The van der Waals surface area contributed by atoms with Gasteiger partial charge in [0.05, 0.1) is 19.1 Å². The zero-order valence-corrected chi connectivity index (χ0v) is 15.1. The first-order chi connectivity index (χ1) is 13.6. The molecule has 2 aromatic carbocycles. The normalized spacial score (nSPS) is 10.5. The van der Waals surface area contributed by atoms with Crippen LogP contribution in [0.25, 0.3) is 11.4 Å². The van der Waals surface area contributed by atoms with Gasteiger partial charge in [-0.1, -0.05) is 35.5 Å². The number of benzene rings is 2. The van der Waals surface area contributed by atoms with Gasteiger partial charge in [-0.05, 0) is 18.2 Å². The van der Waals surface area contributed by atoms with Crippen LogP contribution in [-0.2, 0) is 16.0 Å². The second-order valence-corrected chi connectivity index (χ2v) is 5.81. The van der Waals surface area contributed by atoms with E-state index in [0.29, 0.717) is 5.82 Å². The van der Waals surface area contributed by atoms with E-state index in [4.69, 9.17) is 14.0 Å². The molecule has 0 radical (unpaired) electrons. The van der Waals surface area contributed by atoms with Gasteiger partial charge in [0, 0.05) is 12.0 Å². The van der Waals surface area contributed by atoms with E-state index in [9.17, 15) is 14.0 Å². The zero-order valence-electron chi connectivity index (χ0n) is 15.1. The van der Waals surface area contributed by atoms with Crippen LogP contribution in [0.1, 0.15) is 22.7 Å². The molecule has 0 saturated carbocycles. The lowest BCUT2D eigenvalue weighted by atomic mass is 10.1. The van der Waals surface area contributed by atoms with Crippen molar-refractivity contribution in [1.82, 2.24) is 10.1 Å². The minimum Gasteiger partial charge on any atom is -0.496 e. The van der Waals surface area contributed by atoms with E-state index in [-0.39, 0.29) is 30.0 Å². The van der Waals surface area contributed by atoms with E-state index in [2.05, 4.69) is 10.1 Å². The van der Waals surface area contributed by atoms with Gasteiger partial charge in [-0.2, -0.15) is 4.98 Å². The van der Waals surface area contributed by atoms with Crippen molar-refractivity contribution < 1.29 is 28.0 Å². The Kier molecular flexibility index (Phi) is 6.11. The molecular formula is C20H17FN2O5. The Morgan fingerprint density at radius 3 is 2.68 bits per heavy atom. The number of hydrogen-bond donors (Lipinski definition) is 0. The molecule has 0 saturated heterocycles. The smallest absolute Gasteiger partial charge is 0.306 e. The van der Waals surface area contributed by atoms with Gasteiger partial charge >= 0.3 is 5.97 Å². The van der Waals surface area contributed by atoms with Crippen molar-refractivity contribution in [2.45, 2.75) is 12.8 Å². The molecule has 0 aliphatic rings. The highest BCUT2D eigenvalue weighted by atomic mass is 19.1. The molecule has 144 valence electrons. The lowest BCUT2D eigenvalue weighted by Crippen LogP contribution is -2.15. The summed E-state index contributed by atoms with van der Waals surface area (Å²) in [6.45, 7) is -0.516. The molecule has 0 amide bonds. The molecule has 0 bridgehead atoms. The highest BCUT2D eigenvalue weighted by Crippen LogP contribution is 2.20. The first kappa shape index (κ1) is 19.2. The number of hydrogen-bond acceptors (Lipinski definition) is 7. The largest absolute Gasteiger partial charge is 0.496 e. The van der Waals surface area contributed by atoms with Crippen LogP contribution in [-0.4, -0.2) is 35.6 Å². The fraction of sp³-hybridized carbons (Fsp3) is 0.200. The summed E-state index contributed by atoms with van der Waals surface area (Å²) in [6.07, 6.45) is 0.139. The van der Waals surface area contributed by atoms with Gasteiger partial charge in [0.15, 0.2) is 6.61 Å². The van der Waals surface area contributed by atoms with E-state index in [1.807, 2.05) is 30.3 Å². The molecule has 0 N–H and O–H groups in total. The molecular weight excluding hydrogens is 367 g/mol. The van der Waals surface area contributed by atoms with E-state index in [0.717, 1.165) is 11.6 Å². The Bertz CT molecular complexity index is 972. The number of ether oxygens (including phenoxy) is 2. The molecule has 1 heterocycles. The third-order valence-electron chi connectivity index (χ3n) is 3.87. The van der Waals surface area contributed by atoms with Crippen LogP contribution in [0.2, 0.25) is 0 Å². The number of aromatic nitrogens is 2. The predicted octanol–water partition coefficient (Wildman–Crippen LogP) is 3.24. The van der Waals surface area contributed by atoms with Gasteiger partial charge in [-0.15, -0.1) is 0 Å². The standard InChI is InChI=1S/C20H17FN2O5/c1-26-17-8-7-14(21)11-15(17)16(24)12-27-19(25)10-9-18-22-20(23-28-18)13-5-3-2-4-6-13/h2-8,11H,9-10,12H2,1H3. The molecule has 0 aliphatic carbocycles. The van der Waals surface area contributed by atoms with Crippen LogP contribution < -0.4 is 4.74 Å². The fourth-order valence-corrected chi connectivity index (χ4v) is 2.46. The zero-order chi connectivity index (χ0) is 19.9. The first-order valence-electron chi connectivity index (χ1n) is 8.47. The highest BCUT2D eigenvalue weighted by Gasteiger charge is 2.16. The quantitative estimate of drug-likeness (QED) is 0.435. The fourth-order valence-electron chi connectivity index (χ4n) is 2.46. The predicted molar refractivity (Wildman–Crippen MR) is 96.3 cm³/mol. The van der Waals surface area contributed by atoms with Crippen LogP contribution in [0.4, 0.5) is 4.39 Å². The molecule has 0 fully saturated rings. The summed E-state index contributed by atoms with van der Waals surface area (Å²) in [5.74, 6) is -0.828. The minimum atomic E-state index is -0.608. The molecule has 7 nitrogen and oxygen atoms in total. The summed E-state index contributed by atoms with van der Waals surface area (Å²) in [5, 5.41) is 3.86. The van der Waals surface area contributed by atoms with Crippen LogP contribution in [0.15, 0.2) is 53.1 Å². The molecule has 0 unspecified atom stereocenters. The van der Waals surface area contributed by atoms with E-state index >= 15 is 0 Å². The highest BCUT2D eigenvalue weighted by molar-refractivity contribution is 6.00. The van der Waals surface area contributed by atoms with Crippen molar-refractivity contribution in [1.29, 1.82) is 0 Å². The number of methoxy groups -OCH3 is 1. The number of Topliss-reactive ketones (excluding diaryl/α,β-unsaturated/α-hetero) is 1. The van der Waals surface area contributed by atoms with Gasteiger partial charge < -0.3 is 14.0 Å². The van der Waals surface area contributed by atoms with E-state index in [1.54, 1.807) is 0 Å². The number of halogens is 1. The maximum Gasteiger partial charge on any atom is 0.306 e. The molecule has 8 heteroatoms. The van der Waals surface area contributed by atoms with Crippen molar-refractivity contribution in [2.75, 3.05) is 13.7 Å². The van der Waals surface area contributed by atoms with Gasteiger partial charge in [-0.25, -0.2) is 4.39 Å². The third kappa shape index (κ3) is 4.79. The summed E-state index contributed by atoms with van der Waals surface area (Å²) >= 11 is 0. The minimum absolute atomic E-state index is 0.0136. The summed E-state index contributed by atoms with van der Waals surface area (Å²) in [4.78, 5) is 28.2. The van der Waals surface area contributed by atoms with Crippen molar-refractivity contribution in [3.05, 3.63) is 65.8 Å². The van der Waals surface area contributed by atoms with Crippen LogP contribution >= 0.6 is 0 Å². The Morgan fingerprint density at radius 1 is 1.14 bits per heavy atom. The number of ketones is 1. The third-order valence-corrected chi connectivity index (χ3v) is 3.87. The number of carbonyl (C=O) groups excluding carboxylic acids is 2. The molecule has 3 aromatic rings. The van der Waals surface area contributed by atoms with Crippen LogP contribution in [0.3, 0.4) is 0 Å². The molecule has 1 aromatic heterocycles. The number of aryl methyl sites for hydroxylation is 1. The summed E-state index contributed by atoms with van der Waals surface area (Å²) in [5.41, 5.74) is 0.814. The Hall–Kier alpha value is -3.55. The van der Waals surface area contributed by atoms with Crippen molar-refractivity contribution in [3.8, 4) is 17.1 Å². The number of rotatable bonds is 8. The Labute approximate surface area is 160 Å². The number of carbonyl (C=O) groups is 2. The van der Waals surface area contributed by atoms with Gasteiger partial charge in [0.1, 0.15) is 11.6 Å². The van der Waals surface area contributed by atoms with E-state index in [1.165, 1.54) is 19.2 Å². The monoisotopic (exact) mass is 384 g/mol. The average Bonchev–Trinajstić information content (AvgIpc) is 3.20. The molecule has 28 heavy (non-hydrogen) atoms. The Balaban J connectivity index is 1.51. The van der Waals surface area contributed by atoms with Crippen molar-refractivity contribution in [2.24, 2.45) is 0 Å². The molecule has 0 atom stereocenters. The van der Waals surface area contributed by atoms with Crippen molar-refractivity contribution in [3.63, 3.8) is 0 Å². The van der Waals surface area contributed by atoms with Crippen LogP contribution in [0, 0.1) is 5.82 Å². The average molecular weight is 384 g/mol. The molecule has 3 rings (SSSR count). The second kappa shape index (κ2) is 8.90. The SMILES string of the molecule is COc1ccc(F)cc1C(=O)COC(=O)CCc1nc(-c2ccccc2)no1. The topological polar surface area (TPSA) is 91.5 Å². The van der Waals surface area contributed by atoms with Gasteiger partial charge in [0.25, 0.3) is 0 Å². The first-order valence-corrected chi connectivity index (χ1v) is 8.47. The van der Waals surface area contributed by atoms with E-state index < -0.39 is 24.2 Å². The van der Waals surface area contributed by atoms with Gasteiger partial charge in [0.2, 0.25) is 17.5 Å². The van der Waals surface area contributed by atoms with Crippen LogP contribution in [0.5, 0.6) is 5.75 Å². The van der Waals surface area contributed by atoms with Crippen molar-refractivity contribution >= 4 is 11.8 Å². The number of nitrogens with zero attached hydrogens (tertiary/aromatic N) is 2. The van der Waals surface area contributed by atoms with Gasteiger partial charge in [-0.3, -0.25) is 9.59 Å². The number of esters is 1. The molecule has 0 aliphatic heterocycles. The summed E-state index contributed by atoms with van der Waals surface area (Å²) < 4.78 is 28.4. The Morgan fingerprint density at radius 2 is 1.93 bits per heavy atom. The maximum absolute atomic E-state index is 13.3. The summed E-state index contributed by atoms with van der Waals surface area (Å²) in [6, 6.07) is 12.8.